The molecule has 3 nitrogen and oxygen atoms in total. The van der Waals surface area contributed by atoms with E-state index in [2.05, 4.69) is 34.9 Å². The maximum Gasteiger partial charge on any atom is 0.236 e. The van der Waals surface area contributed by atoms with Crippen LogP contribution in [0.3, 0.4) is 0 Å². The van der Waals surface area contributed by atoms with Crippen LogP contribution in [0.4, 0.5) is 0 Å². The van der Waals surface area contributed by atoms with Crippen LogP contribution in [0.25, 0.3) is 0 Å². The van der Waals surface area contributed by atoms with Gasteiger partial charge in [-0.15, -0.1) is 0 Å². The Labute approximate surface area is 109 Å². The van der Waals surface area contributed by atoms with Crippen molar-refractivity contribution in [2.45, 2.75) is 45.2 Å². The van der Waals surface area contributed by atoms with Gasteiger partial charge in [0.25, 0.3) is 0 Å². The molecule has 3 heteroatoms. The number of hydrogen-bond donors (Lipinski definition) is 2. The normalized spacial score (nSPS) is 20.0. The molecule has 0 heterocycles. The Hall–Kier alpha value is -1.35. The van der Waals surface area contributed by atoms with Crippen molar-refractivity contribution in [1.29, 1.82) is 0 Å². The van der Waals surface area contributed by atoms with Gasteiger partial charge in [-0.05, 0) is 44.2 Å². The van der Waals surface area contributed by atoms with E-state index in [1.165, 1.54) is 11.1 Å². The molecule has 2 N–H and O–H groups in total. The van der Waals surface area contributed by atoms with Crippen molar-refractivity contribution in [3.63, 3.8) is 0 Å². The van der Waals surface area contributed by atoms with Crippen LogP contribution < -0.4 is 10.6 Å². The highest BCUT2D eigenvalue weighted by atomic mass is 16.2. The second-order valence-electron chi connectivity index (χ2n) is 4.99. The predicted molar refractivity (Wildman–Crippen MR) is 73.5 cm³/mol. The third-order valence-electron chi connectivity index (χ3n) is 3.58. The van der Waals surface area contributed by atoms with Crippen LogP contribution in [0.1, 0.15) is 31.4 Å². The van der Waals surface area contributed by atoms with Crippen molar-refractivity contribution >= 4 is 5.91 Å². The Morgan fingerprint density at radius 3 is 2.83 bits per heavy atom. The highest BCUT2D eigenvalue weighted by Crippen LogP contribution is 2.21. The number of likely N-dealkylation sites (N-methyl/N-ethyl adjacent to an activating group) is 1. The first-order valence-electron chi connectivity index (χ1n) is 6.81. The Kier molecular flexibility index (Phi) is 4.37. The average molecular weight is 246 g/mol. The second-order valence-corrected chi connectivity index (χ2v) is 4.99. The molecule has 2 unspecified atom stereocenters. The summed E-state index contributed by atoms with van der Waals surface area (Å²) in [6.45, 7) is 4.57. The number of rotatable bonds is 4. The van der Waals surface area contributed by atoms with E-state index in [-0.39, 0.29) is 11.9 Å². The van der Waals surface area contributed by atoms with Crippen LogP contribution in [0.15, 0.2) is 24.3 Å². The summed E-state index contributed by atoms with van der Waals surface area (Å²) in [5, 5.41) is 6.28. The molecular weight excluding hydrogens is 224 g/mol. The zero-order valence-corrected chi connectivity index (χ0v) is 11.2. The van der Waals surface area contributed by atoms with Crippen molar-refractivity contribution in [1.82, 2.24) is 10.6 Å². The number of carbonyl (C=O) groups is 1. The van der Waals surface area contributed by atoms with E-state index in [4.69, 9.17) is 0 Å². The molecule has 1 aliphatic rings. The number of aryl methyl sites for hydroxylation is 1. The summed E-state index contributed by atoms with van der Waals surface area (Å²) in [5.41, 5.74) is 2.88. The smallest absolute Gasteiger partial charge is 0.236 e. The third-order valence-corrected chi connectivity index (χ3v) is 3.58. The fourth-order valence-electron chi connectivity index (χ4n) is 2.60. The highest BCUT2D eigenvalue weighted by molar-refractivity contribution is 5.81. The number of fused-ring (bicyclic) bond motifs is 1. The monoisotopic (exact) mass is 246 g/mol. The van der Waals surface area contributed by atoms with Gasteiger partial charge in [0.05, 0.1) is 6.04 Å². The summed E-state index contributed by atoms with van der Waals surface area (Å²) >= 11 is 0. The van der Waals surface area contributed by atoms with Crippen LogP contribution in [-0.2, 0) is 17.6 Å². The van der Waals surface area contributed by atoms with Crippen LogP contribution in [0.5, 0.6) is 0 Å². The predicted octanol–water partition coefficient (Wildman–Crippen LogP) is 1.66. The number of amides is 1. The van der Waals surface area contributed by atoms with Gasteiger partial charge in [0, 0.05) is 12.6 Å². The molecule has 98 valence electrons. The maximum absolute atomic E-state index is 11.7. The molecule has 1 aliphatic carbocycles. The van der Waals surface area contributed by atoms with Gasteiger partial charge >= 0.3 is 0 Å². The number of carbonyl (C=O) groups excluding carboxylic acids is 1. The lowest BCUT2D eigenvalue weighted by Crippen LogP contribution is -2.48. The van der Waals surface area contributed by atoms with Gasteiger partial charge < -0.3 is 10.6 Å². The van der Waals surface area contributed by atoms with Gasteiger partial charge in [-0.25, -0.2) is 0 Å². The van der Waals surface area contributed by atoms with Gasteiger partial charge in [0.1, 0.15) is 0 Å². The first kappa shape index (κ1) is 13.1. The van der Waals surface area contributed by atoms with E-state index in [9.17, 15) is 4.79 Å². The zero-order valence-electron chi connectivity index (χ0n) is 11.2. The highest BCUT2D eigenvalue weighted by Gasteiger charge is 2.21. The fraction of sp³-hybridized carbons (Fsp3) is 0.533. The minimum absolute atomic E-state index is 0.0939. The summed E-state index contributed by atoms with van der Waals surface area (Å²) in [5.74, 6) is 0.0939. The molecule has 0 aromatic heterocycles. The van der Waals surface area contributed by atoms with Gasteiger partial charge in [-0.3, -0.25) is 4.79 Å². The van der Waals surface area contributed by atoms with Crippen LogP contribution in [0, 0.1) is 0 Å². The molecule has 0 aliphatic heterocycles. The number of benzene rings is 1. The minimum Gasteiger partial charge on any atom is -0.355 e. The molecule has 0 bridgehead atoms. The first-order valence-corrected chi connectivity index (χ1v) is 6.81. The lowest BCUT2D eigenvalue weighted by atomic mass is 9.88. The van der Waals surface area contributed by atoms with Crippen LogP contribution >= 0.6 is 0 Å². The summed E-state index contributed by atoms with van der Waals surface area (Å²) in [7, 11) is 0. The SMILES string of the molecule is CCNC(=O)C(C)NC1CCc2ccccc2C1. The Bertz CT molecular complexity index is 417. The molecule has 0 fully saturated rings. The van der Waals surface area contributed by atoms with Crippen molar-refractivity contribution in [2.75, 3.05) is 6.54 Å². The number of hydrogen-bond acceptors (Lipinski definition) is 2. The topological polar surface area (TPSA) is 41.1 Å². The van der Waals surface area contributed by atoms with E-state index in [0.717, 1.165) is 19.3 Å². The summed E-state index contributed by atoms with van der Waals surface area (Å²) in [4.78, 5) is 11.7. The van der Waals surface area contributed by atoms with E-state index in [1.54, 1.807) is 0 Å². The maximum atomic E-state index is 11.7. The Morgan fingerprint density at radius 1 is 1.39 bits per heavy atom. The van der Waals surface area contributed by atoms with Crippen LogP contribution in [-0.4, -0.2) is 24.5 Å². The average Bonchev–Trinajstić information content (AvgIpc) is 2.39. The largest absolute Gasteiger partial charge is 0.355 e. The van der Waals surface area contributed by atoms with Gasteiger partial charge in [0.2, 0.25) is 5.91 Å². The molecule has 18 heavy (non-hydrogen) atoms. The van der Waals surface area contributed by atoms with Crippen molar-refractivity contribution in [2.24, 2.45) is 0 Å². The van der Waals surface area contributed by atoms with Gasteiger partial charge in [-0.1, -0.05) is 24.3 Å². The molecule has 2 atom stereocenters. The molecule has 1 amide bonds. The van der Waals surface area contributed by atoms with Gasteiger partial charge in [0.15, 0.2) is 0 Å². The molecule has 0 saturated carbocycles. The fourth-order valence-corrected chi connectivity index (χ4v) is 2.60. The van der Waals surface area contributed by atoms with Crippen molar-refractivity contribution < 1.29 is 4.79 Å². The van der Waals surface area contributed by atoms with Gasteiger partial charge in [-0.2, -0.15) is 0 Å². The standard InChI is InChI=1S/C15H22N2O/c1-3-16-15(18)11(2)17-14-9-8-12-6-4-5-7-13(12)10-14/h4-7,11,14,17H,3,8-10H2,1-2H3,(H,16,18). The molecule has 1 aromatic rings. The van der Waals surface area contributed by atoms with Crippen LogP contribution in [0.2, 0.25) is 0 Å². The minimum atomic E-state index is -0.111. The lowest BCUT2D eigenvalue weighted by Gasteiger charge is -2.28. The Balaban J connectivity index is 1.91. The second kappa shape index (κ2) is 6.01. The molecule has 0 spiro atoms. The molecule has 1 aromatic carbocycles. The zero-order chi connectivity index (χ0) is 13.0. The third kappa shape index (κ3) is 3.10. The van der Waals surface area contributed by atoms with E-state index >= 15 is 0 Å². The molecule has 0 saturated heterocycles. The van der Waals surface area contributed by atoms with Crippen molar-refractivity contribution in [3.05, 3.63) is 35.4 Å². The van der Waals surface area contributed by atoms with E-state index < -0.39 is 0 Å². The first-order chi connectivity index (χ1) is 8.70. The van der Waals surface area contributed by atoms with E-state index in [1.807, 2.05) is 13.8 Å². The van der Waals surface area contributed by atoms with E-state index in [0.29, 0.717) is 12.6 Å². The lowest BCUT2D eigenvalue weighted by molar-refractivity contribution is -0.122. The summed E-state index contributed by atoms with van der Waals surface area (Å²) in [6, 6.07) is 8.90. The molecular formula is C15H22N2O. The quantitative estimate of drug-likeness (QED) is 0.848. The number of nitrogens with one attached hydrogen (secondary N) is 2. The molecule has 2 rings (SSSR count). The Morgan fingerprint density at radius 2 is 2.11 bits per heavy atom. The van der Waals surface area contributed by atoms with Crippen molar-refractivity contribution in [3.8, 4) is 0 Å². The summed E-state index contributed by atoms with van der Waals surface area (Å²) < 4.78 is 0. The molecule has 0 radical (unpaired) electrons. The summed E-state index contributed by atoms with van der Waals surface area (Å²) in [6.07, 6.45) is 3.25.